The number of alkyl halides is 3. The van der Waals surface area contributed by atoms with Gasteiger partial charge in [-0.1, -0.05) is 0 Å². The first-order chi connectivity index (χ1) is 8.26. The SMILES string of the molecule is Cc1nc([C@H]2C[C@@H](N)[C@H](O)C2)n(CC(F)(F)F)n1.Cl. The van der Waals surface area contributed by atoms with Gasteiger partial charge >= 0.3 is 6.18 Å². The first-order valence-electron chi connectivity index (χ1n) is 5.68. The molecule has 0 aromatic carbocycles. The van der Waals surface area contributed by atoms with Gasteiger partial charge in [0.2, 0.25) is 0 Å². The topological polar surface area (TPSA) is 77.0 Å². The summed E-state index contributed by atoms with van der Waals surface area (Å²) in [6.45, 7) is 0.382. The van der Waals surface area contributed by atoms with Crippen molar-refractivity contribution in [2.75, 3.05) is 0 Å². The van der Waals surface area contributed by atoms with E-state index in [1.54, 1.807) is 6.92 Å². The van der Waals surface area contributed by atoms with E-state index in [0.29, 0.717) is 18.7 Å². The van der Waals surface area contributed by atoms with Crippen LogP contribution in [0.5, 0.6) is 0 Å². The Balaban J connectivity index is 0.00000180. The van der Waals surface area contributed by atoms with Crippen LogP contribution in [0.15, 0.2) is 0 Å². The highest BCUT2D eigenvalue weighted by Crippen LogP contribution is 2.33. The molecule has 0 radical (unpaired) electrons. The zero-order valence-electron chi connectivity index (χ0n) is 10.3. The molecule has 1 fully saturated rings. The second kappa shape index (κ2) is 5.64. The Labute approximate surface area is 114 Å². The highest BCUT2D eigenvalue weighted by atomic mass is 35.5. The Morgan fingerprint density at radius 2 is 2.05 bits per heavy atom. The number of rotatable bonds is 2. The molecule has 3 atom stereocenters. The molecule has 0 spiro atoms. The summed E-state index contributed by atoms with van der Waals surface area (Å²) >= 11 is 0. The van der Waals surface area contributed by atoms with E-state index < -0.39 is 24.9 Å². The van der Waals surface area contributed by atoms with E-state index >= 15 is 0 Å². The molecule has 110 valence electrons. The van der Waals surface area contributed by atoms with Gasteiger partial charge < -0.3 is 10.8 Å². The Morgan fingerprint density at radius 1 is 1.42 bits per heavy atom. The normalized spacial score (nSPS) is 27.4. The van der Waals surface area contributed by atoms with Crippen LogP contribution in [-0.4, -0.2) is 38.2 Å². The minimum absolute atomic E-state index is 0. The van der Waals surface area contributed by atoms with Crippen molar-refractivity contribution >= 4 is 12.4 Å². The van der Waals surface area contributed by atoms with Crippen molar-refractivity contribution in [2.45, 2.75) is 50.6 Å². The number of aliphatic hydroxyl groups is 1. The van der Waals surface area contributed by atoms with Crippen molar-refractivity contribution in [2.24, 2.45) is 5.73 Å². The Bertz CT molecular complexity index is 427. The summed E-state index contributed by atoms with van der Waals surface area (Å²) in [7, 11) is 0. The quantitative estimate of drug-likeness (QED) is 0.858. The predicted molar refractivity (Wildman–Crippen MR) is 64.0 cm³/mol. The molecular weight excluding hydrogens is 285 g/mol. The van der Waals surface area contributed by atoms with Crippen molar-refractivity contribution in [3.8, 4) is 0 Å². The van der Waals surface area contributed by atoms with E-state index in [0.717, 1.165) is 4.68 Å². The molecule has 1 heterocycles. The lowest BCUT2D eigenvalue weighted by molar-refractivity contribution is -0.143. The minimum atomic E-state index is -4.34. The van der Waals surface area contributed by atoms with Crippen LogP contribution < -0.4 is 5.73 Å². The lowest BCUT2D eigenvalue weighted by atomic mass is 10.1. The van der Waals surface area contributed by atoms with Crippen LogP contribution in [0.4, 0.5) is 13.2 Å². The Morgan fingerprint density at radius 3 is 2.53 bits per heavy atom. The molecule has 0 saturated heterocycles. The van der Waals surface area contributed by atoms with Gasteiger partial charge in [0.05, 0.1) is 6.10 Å². The molecule has 1 aromatic heterocycles. The zero-order valence-corrected chi connectivity index (χ0v) is 11.1. The van der Waals surface area contributed by atoms with Crippen LogP contribution >= 0.6 is 12.4 Å². The number of aliphatic hydroxyl groups excluding tert-OH is 1. The molecule has 19 heavy (non-hydrogen) atoms. The molecule has 0 bridgehead atoms. The van der Waals surface area contributed by atoms with Crippen LogP contribution in [0.1, 0.15) is 30.4 Å². The van der Waals surface area contributed by atoms with Crippen molar-refractivity contribution in [3.05, 3.63) is 11.6 Å². The maximum Gasteiger partial charge on any atom is 0.408 e. The van der Waals surface area contributed by atoms with Gasteiger partial charge in [0.15, 0.2) is 0 Å². The number of aryl methyl sites for hydroxylation is 1. The smallest absolute Gasteiger partial charge is 0.391 e. The van der Waals surface area contributed by atoms with Crippen molar-refractivity contribution < 1.29 is 18.3 Å². The van der Waals surface area contributed by atoms with E-state index in [1.807, 2.05) is 0 Å². The molecule has 1 saturated carbocycles. The molecule has 0 amide bonds. The maximum atomic E-state index is 12.4. The summed E-state index contributed by atoms with van der Waals surface area (Å²) in [6.07, 6.45) is -4.27. The third-order valence-electron chi connectivity index (χ3n) is 3.08. The summed E-state index contributed by atoms with van der Waals surface area (Å²) in [6, 6.07) is -0.411. The number of hydrogen-bond acceptors (Lipinski definition) is 4. The van der Waals surface area contributed by atoms with Crippen LogP contribution in [0.25, 0.3) is 0 Å². The van der Waals surface area contributed by atoms with E-state index in [2.05, 4.69) is 10.1 Å². The summed E-state index contributed by atoms with van der Waals surface area (Å²) in [5.74, 6) is 0.291. The molecule has 2 rings (SSSR count). The average Bonchev–Trinajstić information content (AvgIpc) is 2.69. The van der Waals surface area contributed by atoms with E-state index in [-0.39, 0.29) is 24.1 Å². The molecule has 3 N–H and O–H groups in total. The summed E-state index contributed by atoms with van der Waals surface area (Å²) in [4.78, 5) is 4.03. The highest BCUT2D eigenvalue weighted by molar-refractivity contribution is 5.85. The van der Waals surface area contributed by atoms with Gasteiger partial charge in [0.25, 0.3) is 0 Å². The molecule has 9 heteroatoms. The van der Waals surface area contributed by atoms with Gasteiger partial charge in [-0.05, 0) is 19.8 Å². The Hall–Kier alpha value is -0.860. The van der Waals surface area contributed by atoms with Gasteiger partial charge in [0, 0.05) is 12.0 Å². The summed E-state index contributed by atoms with van der Waals surface area (Å²) in [5, 5.41) is 13.3. The third kappa shape index (κ3) is 3.80. The predicted octanol–water partition coefficient (Wildman–Crippen LogP) is 1.14. The highest BCUT2D eigenvalue weighted by Gasteiger charge is 2.37. The van der Waals surface area contributed by atoms with Gasteiger partial charge in [-0.25, -0.2) is 9.67 Å². The largest absolute Gasteiger partial charge is 0.408 e. The monoisotopic (exact) mass is 300 g/mol. The van der Waals surface area contributed by atoms with Crippen molar-refractivity contribution in [1.29, 1.82) is 0 Å². The lowest BCUT2D eigenvalue weighted by Gasteiger charge is -2.12. The fraction of sp³-hybridized carbons (Fsp3) is 0.800. The number of hydrogen-bond donors (Lipinski definition) is 2. The minimum Gasteiger partial charge on any atom is -0.391 e. The zero-order chi connectivity index (χ0) is 13.5. The average molecular weight is 301 g/mol. The number of nitrogens with two attached hydrogens (primary N) is 1. The first kappa shape index (κ1) is 16.2. The Kier molecular flexibility index (Phi) is 4.81. The van der Waals surface area contributed by atoms with Gasteiger partial charge in [-0.3, -0.25) is 0 Å². The number of nitrogens with zero attached hydrogens (tertiary/aromatic N) is 3. The fourth-order valence-electron chi connectivity index (χ4n) is 2.32. The van der Waals surface area contributed by atoms with Crippen LogP contribution in [-0.2, 0) is 6.54 Å². The summed E-state index contributed by atoms with van der Waals surface area (Å²) < 4.78 is 38.1. The molecule has 1 aliphatic carbocycles. The number of aromatic nitrogens is 3. The van der Waals surface area contributed by atoms with Crippen LogP contribution in [0, 0.1) is 6.92 Å². The maximum absolute atomic E-state index is 12.4. The molecule has 1 aromatic rings. The van der Waals surface area contributed by atoms with E-state index in [9.17, 15) is 18.3 Å². The van der Waals surface area contributed by atoms with Gasteiger partial charge in [-0.15, -0.1) is 12.4 Å². The standard InChI is InChI=1S/C10H15F3N4O.ClH/c1-5-15-9(6-2-7(14)8(18)3-6)17(16-5)4-10(11,12)13;/h6-8,18H,2-4,14H2,1H3;1H/t6-,7+,8+;/m0./s1. The number of halogens is 4. The molecule has 0 aliphatic heterocycles. The van der Waals surface area contributed by atoms with Crippen molar-refractivity contribution in [1.82, 2.24) is 14.8 Å². The molecule has 1 aliphatic rings. The fourth-order valence-corrected chi connectivity index (χ4v) is 2.32. The van der Waals surface area contributed by atoms with Crippen LogP contribution in [0.2, 0.25) is 0 Å². The second-order valence-electron chi connectivity index (χ2n) is 4.69. The van der Waals surface area contributed by atoms with E-state index in [4.69, 9.17) is 5.73 Å². The van der Waals surface area contributed by atoms with Gasteiger partial charge in [-0.2, -0.15) is 18.3 Å². The second-order valence-corrected chi connectivity index (χ2v) is 4.69. The molecule has 5 nitrogen and oxygen atoms in total. The molecular formula is C10H16ClF3N4O. The van der Waals surface area contributed by atoms with Crippen molar-refractivity contribution in [3.63, 3.8) is 0 Å². The lowest BCUT2D eigenvalue weighted by Crippen LogP contribution is -2.28. The van der Waals surface area contributed by atoms with Gasteiger partial charge in [0.1, 0.15) is 18.2 Å². The van der Waals surface area contributed by atoms with Crippen LogP contribution in [0.3, 0.4) is 0 Å². The first-order valence-corrected chi connectivity index (χ1v) is 5.68. The summed E-state index contributed by atoms with van der Waals surface area (Å²) in [5.41, 5.74) is 5.66. The molecule has 0 unspecified atom stereocenters. The van der Waals surface area contributed by atoms with E-state index in [1.165, 1.54) is 0 Å². The third-order valence-corrected chi connectivity index (χ3v) is 3.08.